The van der Waals surface area contributed by atoms with Crippen LogP contribution in [0.15, 0.2) is 0 Å². The molecule has 0 bridgehead atoms. The van der Waals surface area contributed by atoms with Crippen LogP contribution < -0.4 is 5.11 Å². The van der Waals surface area contributed by atoms with Crippen molar-refractivity contribution in [1.82, 2.24) is 0 Å². The summed E-state index contributed by atoms with van der Waals surface area (Å²) in [6.45, 7) is 3.85. The van der Waals surface area contributed by atoms with E-state index in [0.29, 0.717) is 6.42 Å². The highest BCUT2D eigenvalue weighted by atomic mass is 16.4. The molecule has 2 nitrogen and oxygen atoms in total. The van der Waals surface area contributed by atoms with Crippen molar-refractivity contribution in [3.8, 4) is 0 Å². The average molecular weight is 129 g/mol. The van der Waals surface area contributed by atoms with Gasteiger partial charge < -0.3 is 9.90 Å². The molecular weight excluding hydrogens is 116 g/mol. The molecule has 0 saturated heterocycles. The van der Waals surface area contributed by atoms with E-state index >= 15 is 0 Å². The van der Waals surface area contributed by atoms with Crippen molar-refractivity contribution in [2.75, 3.05) is 0 Å². The lowest BCUT2D eigenvalue weighted by molar-refractivity contribution is -0.311. The Morgan fingerprint density at radius 2 is 2.11 bits per heavy atom. The molecule has 0 fully saturated rings. The first-order chi connectivity index (χ1) is 4.22. The number of rotatable bonds is 4. The third-order valence-electron chi connectivity index (χ3n) is 1.46. The largest absolute Gasteiger partial charge is 0.550 e. The first-order valence-corrected chi connectivity index (χ1v) is 3.43. The number of aliphatic carboxylic acids is 1. The van der Waals surface area contributed by atoms with Gasteiger partial charge in [-0.3, -0.25) is 0 Å². The fourth-order valence-electron chi connectivity index (χ4n) is 0.837. The van der Waals surface area contributed by atoms with Crippen LogP contribution in [0.1, 0.15) is 33.1 Å². The summed E-state index contributed by atoms with van der Waals surface area (Å²) in [6.07, 6.45) is 2.36. The number of hydrogen-bond donors (Lipinski definition) is 0. The summed E-state index contributed by atoms with van der Waals surface area (Å²) in [5.74, 6) is -1.13. The zero-order valence-electron chi connectivity index (χ0n) is 6.02. The topological polar surface area (TPSA) is 40.1 Å². The van der Waals surface area contributed by atoms with Crippen molar-refractivity contribution >= 4 is 5.97 Å². The molecule has 0 aromatic carbocycles. The lowest BCUT2D eigenvalue weighted by Crippen LogP contribution is -2.30. The molecule has 1 atom stereocenters. The van der Waals surface area contributed by atoms with E-state index in [-0.39, 0.29) is 5.92 Å². The lowest BCUT2D eigenvalue weighted by Gasteiger charge is -2.13. The Hall–Kier alpha value is -0.530. The predicted octanol–water partition coefficient (Wildman–Crippen LogP) is 0.563. The van der Waals surface area contributed by atoms with E-state index in [4.69, 9.17) is 0 Å². The van der Waals surface area contributed by atoms with Gasteiger partial charge in [0.2, 0.25) is 0 Å². The predicted molar refractivity (Wildman–Crippen MR) is 33.7 cm³/mol. The van der Waals surface area contributed by atoms with Crippen LogP contribution in [-0.4, -0.2) is 5.97 Å². The van der Waals surface area contributed by atoms with Crippen molar-refractivity contribution in [2.45, 2.75) is 33.1 Å². The second kappa shape index (κ2) is 4.36. The molecule has 54 valence electrons. The summed E-state index contributed by atoms with van der Waals surface area (Å²) in [6, 6.07) is 0. The molecule has 0 aliphatic heterocycles. The zero-order valence-corrected chi connectivity index (χ0v) is 6.02. The van der Waals surface area contributed by atoms with E-state index in [1.54, 1.807) is 0 Å². The van der Waals surface area contributed by atoms with Gasteiger partial charge in [-0.05, 0) is 18.8 Å². The minimum Gasteiger partial charge on any atom is -0.550 e. The minimum atomic E-state index is -0.903. The zero-order chi connectivity index (χ0) is 7.28. The monoisotopic (exact) mass is 129 g/mol. The molecule has 0 N–H and O–H groups in total. The first-order valence-electron chi connectivity index (χ1n) is 3.43. The normalized spacial score (nSPS) is 13.1. The second-order valence-electron chi connectivity index (χ2n) is 2.21. The van der Waals surface area contributed by atoms with Gasteiger partial charge in [0.15, 0.2) is 0 Å². The van der Waals surface area contributed by atoms with Crippen LogP contribution in [0, 0.1) is 5.92 Å². The van der Waals surface area contributed by atoms with Gasteiger partial charge in [-0.1, -0.05) is 20.3 Å². The van der Waals surface area contributed by atoms with Gasteiger partial charge in [-0.15, -0.1) is 0 Å². The molecule has 0 aromatic rings. The highest BCUT2D eigenvalue weighted by Gasteiger charge is 2.03. The number of hydrogen-bond acceptors (Lipinski definition) is 2. The fourth-order valence-corrected chi connectivity index (χ4v) is 0.837. The number of carboxylic acids is 1. The van der Waals surface area contributed by atoms with E-state index in [1.807, 2.05) is 13.8 Å². The van der Waals surface area contributed by atoms with Crippen LogP contribution >= 0.6 is 0 Å². The van der Waals surface area contributed by atoms with E-state index in [1.165, 1.54) is 0 Å². The minimum absolute atomic E-state index is 0.227. The molecule has 0 aliphatic carbocycles. The lowest BCUT2D eigenvalue weighted by atomic mass is 10.0. The highest BCUT2D eigenvalue weighted by molar-refractivity contribution is 5.67. The molecule has 0 amide bonds. The van der Waals surface area contributed by atoms with E-state index in [0.717, 1.165) is 12.8 Å². The molecule has 0 saturated carbocycles. The second-order valence-corrected chi connectivity index (χ2v) is 2.21. The third kappa shape index (κ3) is 3.12. The summed E-state index contributed by atoms with van der Waals surface area (Å²) in [7, 11) is 0. The molecule has 0 radical (unpaired) electrons. The van der Waals surface area contributed by atoms with Crippen LogP contribution in [-0.2, 0) is 4.79 Å². The number of carbonyl (C=O) groups excluding carboxylic acids is 1. The Bertz CT molecular complexity index is 88.9. The van der Waals surface area contributed by atoms with Crippen LogP contribution in [0.5, 0.6) is 0 Å². The summed E-state index contributed by atoms with van der Waals surface area (Å²) in [4.78, 5) is 10.2. The summed E-state index contributed by atoms with van der Waals surface area (Å²) in [5, 5.41) is 10.2. The molecule has 0 aliphatic rings. The van der Waals surface area contributed by atoms with E-state index in [9.17, 15) is 9.90 Å². The Labute approximate surface area is 55.9 Å². The summed E-state index contributed by atoms with van der Waals surface area (Å²) >= 11 is 0. The van der Waals surface area contributed by atoms with Crippen LogP contribution in [0.4, 0.5) is 0 Å². The fraction of sp³-hybridized carbons (Fsp3) is 0.857. The van der Waals surface area contributed by atoms with Gasteiger partial charge in [-0.25, -0.2) is 0 Å². The van der Waals surface area contributed by atoms with Gasteiger partial charge in [0.1, 0.15) is 0 Å². The maximum atomic E-state index is 10.2. The summed E-state index contributed by atoms with van der Waals surface area (Å²) < 4.78 is 0. The van der Waals surface area contributed by atoms with E-state index < -0.39 is 5.97 Å². The van der Waals surface area contributed by atoms with Gasteiger partial charge in [0.05, 0.1) is 0 Å². The Morgan fingerprint density at radius 1 is 1.56 bits per heavy atom. The van der Waals surface area contributed by atoms with Crippen LogP contribution in [0.2, 0.25) is 0 Å². The molecule has 0 aromatic heterocycles. The average Bonchev–Trinajstić information content (AvgIpc) is 1.82. The van der Waals surface area contributed by atoms with Gasteiger partial charge in [0, 0.05) is 5.97 Å². The Morgan fingerprint density at radius 3 is 2.22 bits per heavy atom. The van der Waals surface area contributed by atoms with Crippen molar-refractivity contribution < 1.29 is 9.90 Å². The Kier molecular flexibility index (Phi) is 4.10. The van der Waals surface area contributed by atoms with Crippen molar-refractivity contribution in [3.63, 3.8) is 0 Å². The van der Waals surface area contributed by atoms with E-state index in [2.05, 4.69) is 0 Å². The smallest absolute Gasteiger partial charge is 0.0445 e. The molecule has 9 heavy (non-hydrogen) atoms. The standard InChI is InChI=1S/C7H14O2/c1-3-5-6(4-2)7(8)9/h6H,3-5H2,1-2H3,(H,8,9)/p-1. The highest BCUT2D eigenvalue weighted by Crippen LogP contribution is 2.08. The number of carbonyl (C=O) groups is 1. The van der Waals surface area contributed by atoms with Gasteiger partial charge in [0.25, 0.3) is 0 Å². The molecule has 0 heterocycles. The van der Waals surface area contributed by atoms with Crippen molar-refractivity contribution in [1.29, 1.82) is 0 Å². The number of carboxylic acid groups (broad SMARTS) is 1. The molecule has 2 heteroatoms. The van der Waals surface area contributed by atoms with Crippen LogP contribution in [0.3, 0.4) is 0 Å². The maximum absolute atomic E-state index is 10.2. The molecule has 0 spiro atoms. The van der Waals surface area contributed by atoms with Crippen molar-refractivity contribution in [3.05, 3.63) is 0 Å². The van der Waals surface area contributed by atoms with Crippen LogP contribution in [0.25, 0.3) is 0 Å². The Balaban J connectivity index is 3.54. The third-order valence-corrected chi connectivity index (χ3v) is 1.46. The van der Waals surface area contributed by atoms with Crippen molar-refractivity contribution in [2.24, 2.45) is 5.92 Å². The maximum Gasteiger partial charge on any atom is 0.0445 e. The SMILES string of the molecule is CCCC(CC)C(=O)[O-]. The molecular formula is C7H13O2-. The molecule has 1 unspecified atom stereocenters. The quantitative estimate of drug-likeness (QED) is 0.556. The molecule has 0 rings (SSSR count). The summed E-state index contributed by atoms with van der Waals surface area (Å²) in [5.41, 5.74) is 0. The van der Waals surface area contributed by atoms with Gasteiger partial charge in [-0.2, -0.15) is 0 Å². The first kappa shape index (κ1) is 8.47. The van der Waals surface area contributed by atoms with Gasteiger partial charge >= 0.3 is 0 Å².